The lowest BCUT2D eigenvalue weighted by atomic mass is 9.84. The van der Waals surface area contributed by atoms with Crippen LogP contribution in [0.25, 0.3) is 0 Å². The number of aliphatic carboxylic acids is 1. The molecule has 100 valence electrons. The second kappa shape index (κ2) is 4.60. The van der Waals surface area contributed by atoms with Crippen molar-refractivity contribution in [1.82, 2.24) is 15.3 Å². The molecule has 6 heteroatoms. The molecule has 0 aromatic carbocycles. The molecule has 1 amide bonds. The van der Waals surface area contributed by atoms with Crippen LogP contribution in [0, 0.1) is 17.8 Å². The smallest absolute Gasteiger partial charge is 0.308 e. The maximum absolute atomic E-state index is 12.0. The predicted octanol–water partition coefficient (Wildman–Crippen LogP) is 0.706. The van der Waals surface area contributed by atoms with Crippen LogP contribution in [0.2, 0.25) is 0 Å². The van der Waals surface area contributed by atoms with E-state index in [2.05, 4.69) is 15.3 Å². The van der Waals surface area contributed by atoms with Gasteiger partial charge in [0, 0.05) is 18.4 Å². The summed E-state index contributed by atoms with van der Waals surface area (Å²) >= 11 is 0. The molecule has 0 radical (unpaired) electrons. The Balaban J connectivity index is 1.76. The third-order valence-corrected chi connectivity index (χ3v) is 4.27. The van der Waals surface area contributed by atoms with Crippen LogP contribution in [0.15, 0.2) is 18.5 Å². The predicted molar refractivity (Wildman–Crippen MR) is 65.2 cm³/mol. The van der Waals surface area contributed by atoms with Gasteiger partial charge in [-0.15, -0.1) is 0 Å². The monoisotopic (exact) mass is 261 g/mol. The molecule has 1 aromatic heterocycles. The summed E-state index contributed by atoms with van der Waals surface area (Å²) in [5, 5.41) is 12.1. The van der Waals surface area contributed by atoms with E-state index in [1.54, 1.807) is 6.07 Å². The van der Waals surface area contributed by atoms with Crippen LogP contribution < -0.4 is 5.32 Å². The first kappa shape index (κ1) is 12.1. The first-order valence-corrected chi connectivity index (χ1v) is 6.47. The number of rotatable bonds is 3. The van der Waals surface area contributed by atoms with Gasteiger partial charge in [-0.25, -0.2) is 9.97 Å². The van der Waals surface area contributed by atoms with Crippen LogP contribution in [0.5, 0.6) is 0 Å². The second-order valence-corrected chi connectivity index (χ2v) is 5.27. The van der Waals surface area contributed by atoms with Gasteiger partial charge in [-0.05, 0) is 37.2 Å². The molecule has 6 nitrogen and oxygen atoms in total. The van der Waals surface area contributed by atoms with Crippen molar-refractivity contribution in [2.75, 3.05) is 0 Å². The molecule has 2 N–H and O–H groups in total. The van der Waals surface area contributed by atoms with Crippen molar-refractivity contribution >= 4 is 11.9 Å². The van der Waals surface area contributed by atoms with E-state index in [0.29, 0.717) is 0 Å². The van der Waals surface area contributed by atoms with Crippen molar-refractivity contribution in [3.63, 3.8) is 0 Å². The minimum Gasteiger partial charge on any atom is -0.481 e. The number of carbonyl (C=O) groups is 2. The molecule has 2 bridgehead atoms. The van der Waals surface area contributed by atoms with Crippen LogP contribution in [0.3, 0.4) is 0 Å². The molecule has 2 fully saturated rings. The minimum atomic E-state index is -0.813. The van der Waals surface area contributed by atoms with Gasteiger partial charge in [0.15, 0.2) is 0 Å². The van der Waals surface area contributed by atoms with Gasteiger partial charge in [-0.3, -0.25) is 9.59 Å². The number of hydrogen-bond donors (Lipinski definition) is 2. The summed E-state index contributed by atoms with van der Waals surface area (Å²) in [4.78, 5) is 31.1. The standard InChI is InChI=1S/C13H15N3O3/c17-12(11-14-4-1-5-15-11)16-10-8-3-2-7(6-8)9(10)13(18)19/h1,4-5,7-10H,2-3,6H2,(H,16,17)(H,18,19)/t7-,8+,9+,10-/m1/s1. The Hall–Kier alpha value is -1.98. The average Bonchev–Trinajstić information content (AvgIpc) is 3.00. The molecule has 3 rings (SSSR count). The van der Waals surface area contributed by atoms with Crippen LogP contribution in [-0.2, 0) is 4.79 Å². The Labute approximate surface area is 110 Å². The highest BCUT2D eigenvalue weighted by Crippen LogP contribution is 2.48. The van der Waals surface area contributed by atoms with Crippen molar-refractivity contribution in [1.29, 1.82) is 0 Å². The van der Waals surface area contributed by atoms with Gasteiger partial charge in [0.25, 0.3) is 5.91 Å². The maximum atomic E-state index is 12.0. The topological polar surface area (TPSA) is 92.2 Å². The molecular weight excluding hydrogens is 246 g/mol. The fourth-order valence-corrected chi connectivity index (χ4v) is 3.49. The van der Waals surface area contributed by atoms with Crippen LogP contribution in [0.1, 0.15) is 29.9 Å². The largest absolute Gasteiger partial charge is 0.481 e. The van der Waals surface area contributed by atoms with E-state index >= 15 is 0 Å². The zero-order valence-electron chi connectivity index (χ0n) is 10.3. The number of carboxylic acid groups (broad SMARTS) is 1. The second-order valence-electron chi connectivity index (χ2n) is 5.27. The average molecular weight is 261 g/mol. The lowest BCUT2D eigenvalue weighted by molar-refractivity contribution is -0.144. The molecule has 4 atom stereocenters. The van der Waals surface area contributed by atoms with Crippen molar-refractivity contribution in [2.24, 2.45) is 17.8 Å². The molecule has 1 heterocycles. The Morgan fingerprint density at radius 1 is 1.21 bits per heavy atom. The van der Waals surface area contributed by atoms with Gasteiger partial charge in [0.2, 0.25) is 5.82 Å². The number of carboxylic acids is 1. The Bertz CT molecular complexity index is 505. The van der Waals surface area contributed by atoms with Crippen LogP contribution >= 0.6 is 0 Å². The summed E-state index contributed by atoms with van der Waals surface area (Å²) in [5.74, 6) is -1.10. The molecule has 19 heavy (non-hydrogen) atoms. The van der Waals surface area contributed by atoms with Crippen molar-refractivity contribution < 1.29 is 14.7 Å². The minimum absolute atomic E-state index is 0.0920. The zero-order valence-corrected chi connectivity index (χ0v) is 10.3. The van der Waals surface area contributed by atoms with Gasteiger partial charge >= 0.3 is 5.97 Å². The van der Waals surface area contributed by atoms with Crippen LogP contribution in [0.4, 0.5) is 0 Å². The van der Waals surface area contributed by atoms with Gasteiger partial charge in [0.1, 0.15) is 0 Å². The Morgan fingerprint density at radius 2 is 1.89 bits per heavy atom. The molecule has 0 unspecified atom stereocenters. The number of hydrogen-bond acceptors (Lipinski definition) is 4. The number of nitrogens with one attached hydrogen (secondary N) is 1. The molecule has 2 aliphatic rings. The molecule has 2 saturated carbocycles. The van der Waals surface area contributed by atoms with Crippen LogP contribution in [-0.4, -0.2) is 33.0 Å². The Kier molecular flexibility index (Phi) is 2.93. The van der Waals surface area contributed by atoms with E-state index in [1.807, 2.05) is 0 Å². The van der Waals surface area contributed by atoms with Crippen molar-refractivity contribution in [3.8, 4) is 0 Å². The maximum Gasteiger partial charge on any atom is 0.308 e. The van der Waals surface area contributed by atoms with E-state index in [0.717, 1.165) is 19.3 Å². The summed E-state index contributed by atoms with van der Waals surface area (Å²) in [5.41, 5.74) is 0. The number of aromatic nitrogens is 2. The van der Waals surface area contributed by atoms with Crippen molar-refractivity contribution in [2.45, 2.75) is 25.3 Å². The fraction of sp³-hybridized carbons (Fsp3) is 0.538. The number of amides is 1. The molecular formula is C13H15N3O3. The summed E-state index contributed by atoms with van der Waals surface area (Å²) in [6.07, 6.45) is 5.84. The number of carbonyl (C=O) groups excluding carboxylic acids is 1. The normalized spacial score (nSPS) is 32.2. The highest BCUT2D eigenvalue weighted by Gasteiger charge is 2.51. The Morgan fingerprint density at radius 3 is 2.58 bits per heavy atom. The van der Waals surface area contributed by atoms with Gasteiger partial charge in [-0.2, -0.15) is 0 Å². The van der Waals surface area contributed by atoms with Gasteiger partial charge in [-0.1, -0.05) is 0 Å². The molecule has 1 aromatic rings. The highest BCUT2D eigenvalue weighted by atomic mass is 16.4. The fourth-order valence-electron chi connectivity index (χ4n) is 3.49. The van der Waals surface area contributed by atoms with E-state index in [9.17, 15) is 14.7 Å². The zero-order chi connectivity index (χ0) is 13.4. The summed E-state index contributed by atoms with van der Waals surface area (Å²) in [7, 11) is 0. The van der Waals surface area contributed by atoms with Gasteiger partial charge < -0.3 is 10.4 Å². The third kappa shape index (κ3) is 2.07. The lowest BCUT2D eigenvalue weighted by Crippen LogP contribution is -2.47. The summed E-state index contributed by atoms with van der Waals surface area (Å²) in [6, 6.07) is 1.35. The molecule has 0 aliphatic heterocycles. The van der Waals surface area contributed by atoms with Gasteiger partial charge in [0.05, 0.1) is 5.92 Å². The van der Waals surface area contributed by atoms with E-state index in [4.69, 9.17) is 0 Å². The van der Waals surface area contributed by atoms with E-state index in [-0.39, 0.29) is 29.6 Å². The van der Waals surface area contributed by atoms with E-state index in [1.165, 1.54) is 12.4 Å². The molecule has 0 saturated heterocycles. The number of nitrogens with zero attached hydrogens (tertiary/aromatic N) is 2. The van der Waals surface area contributed by atoms with Crippen molar-refractivity contribution in [3.05, 3.63) is 24.3 Å². The first-order chi connectivity index (χ1) is 9.16. The summed E-state index contributed by atoms with van der Waals surface area (Å²) < 4.78 is 0. The quantitative estimate of drug-likeness (QED) is 0.835. The van der Waals surface area contributed by atoms with E-state index < -0.39 is 11.9 Å². The SMILES string of the molecule is O=C(N[C@@H]1[C@H]2CC[C@H](C2)[C@@H]1C(=O)O)c1ncccn1. The number of fused-ring (bicyclic) bond motifs is 2. The molecule has 2 aliphatic carbocycles. The third-order valence-electron chi connectivity index (χ3n) is 4.27. The summed E-state index contributed by atoms with van der Waals surface area (Å²) in [6.45, 7) is 0. The molecule has 0 spiro atoms. The highest BCUT2D eigenvalue weighted by molar-refractivity contribution is 5.91. The lowest BCUT2D eigenvalue weighted by Gasteiger charge is -2.28. The first-order valence-electron chi connectivity index (χ1n) is 6.47.